The first kappa shape index (κ1) is 29.6. The number of ether oxygens (including phenoxy) is 1. The molecule has 4 aromatic carbocycles. The third-order valence-corrected chi connectivity index (χ3v) is 8.32. The normalized spacial score (nSPS) is 15.0. The highest BCUT2D eigenvalue weighted by Gasteiger charge is 2.25. The molecule has 5 nitrogen and oxygen atoms in total. The maximum atomic E-state index is 13.3. The minimum Gasteiger partial charge on any atom is -0.490 e. The number of carbonyl (C=O) groups is 1. The van der Waals surface area contributed by atoms with Crippen molar-refractivity contribution in [3.63, 3.8) is 0 Å². The fourth-order valence-electron chi connectivity index (χ4n) is 5.75. The average molecular weight is 562 g/mol. The van der Waals surface area contributed by atoms with Gasteiger partial charge >= 0.3 is 0 Å². The van der Waals surface area contributed by atoms with Crippen molar-refractivity contribution in [3.05, 3.63) is 138 Å². The molecule has 4 aromatic rings. The molecule has 1 saturated heterocycles. The minimum absolute atomic E-state index is 0.0820. The lowest BCUT2D eigenvalue weighted by atomic mass is 9.90. The zero-order valence-electron chi connectivity index (χ0n) is 24.9. The van der Waals surface area contributed by atoms with Gasteiger partial charge in [0, 0.05) is 37.7 Å². The fourth-order valence-corrected chi connectivity index (χ4v) is 5.75. The summed E-state index contributed by atoms with van der Waals surface area (Å²) in [6, 6.07) is 39.4. The number of rotatable bonds is 12. The van der Waals surface area contributed by atoms with E-state index in [-0.39, 0.29) is 18.1 Å². The summed E-state index contributed by atoms with van der Waals surface area (Å²) in [7, 11) is 2.07. The second kappa shape index (κ2) is 14.8. The minimum atomic E-state index is -0.0897. The van der Waals surface area contributed by atoms with Crippen LogP contribution < -0.4 is 10.1 Å². The molecule has 5 rings (SSSR count). The summed E-state index contributed by atoms with van der Waals surface area (Å²) >= 11 is 0. The first-order valence-corrected chi connectivity index (χ1v) is 15.2. The van der Waals surface area contributed by atoms with E-state index in [1.165, 1.54) is 11.1 Å². The van der Waals surface area contributed by atoms with Crippen molar-refractivity contribution in [2.75, 3.05) is 39.8 Å². The van der Waals surface area contributed by atoms with E-state index in [0.29, 0.717) is 11.5 Å². The molecule has 1 unspecified atom stereocenters. The lowest BCUT2D eigenvalue weighted by Crippen LogP contribution is -2.40. The van der Waals surface area contributed by atoms with Crippen molar-refractivity contribution in [3.8, 4) is 5.75 Å². The number of benzene rings is 4. The molecule has 0 spiro atoms. The Morgan fingerprint density at radius 1 is 0.833 bits per heavy atom. The van der Waals surface area contributed by atoms with Gasteiger partial charge in [-0.15, -0.1) is 0 Å². The Hall–Kier alpha value is -3.93. The van der Waals surface area contributed by atoms with Crippen LogP contribution in [0.2, 0.25) is 0 Å². The van der Waals surface area contributed by atoms with Crippen molar-refractivity contribution in [1.82, 2.24) is 15.1 Å². The quantitative estimate of drug-likeness (QED) is 0.207. The molecule has 1 fully saturated rings. The molecular weight excluding hydrogens is 518 g/mol. The summed E-state index contributed by atoms with van der Waals surface area (Å²) in [6.45, 7) is 6.76. The van der Waals surface area contributed by atoms with Crippen molar-refractivity contribution >= 4 is 5.91 Å². The van der Waals surface area contributed by atoms with Crippen LogP contribution in [0.5, 0.6) is 5.75 Å². The Morgan fingerprint density at radius 2 is 1.40 bits per heavy atom. The Bertz CT molecular complexity index is 1330. The smallest absolute Gasteiger partial charge is 0.251 e. The van der Waals surface area contributed by atoms with Crippen LogP contribution >= 0.6 is 0 Å². The molecule has 1 heterocycles. The summed E-state index contributed by atoms with van der Waals surface area (Å²) < 4.78 is 6.43. The molecule has 0 saturated carbocycles. The highest BCUT2D eigenvalue weighted by Crippen LogP contribution is 2.28. The number of amides is 1. The number of nitrogens with zero attached hydrogens (tertiary/aromatic N) is 2. The standard InChI is InChI=1S/C37H43N3O2/c1-3-39(2)28-36(31-18-11-6-12-19-31)38-37(41)32-20-13-21-34(26-32)42-33-22-24-40(25-23-33)27-35(29-14-7-4-8-15-29)30-16-9-5-10-17-30/h4-21,26,33,35-36H,3,22-25,27-28H2,1-2H3,(H,38,41). The van der Waals surface area contributed by atoms with E-state index >= 15 is 0 Å². The zero-order chi connectivity index (χ0) is 29.1. The first-order chi connectivity index (χ1) is 20.6. The molecule has 1 N–H and O–H groups in total. The predicted molar refractivity (Wildman–Crippen MR) is 171 cm³/mol. The van der Waals surface area contributed by atoms with Crippen LogP contribution in [0.15, 0.2) is 115 Å². The molecule has 1 aliphatic heterocycles. The van der Waals surface area contributed by atoms with Crippen molar-refractivity contribution in [2.45, 2.75) is 37.8 Å². The molecule has 1 atom stereocenters. The van der Waals surface area contributed by atoms with Gasteiger partial charge in [-0.2, -0.15) is 0 Å². The molecular formula is C37H43N3O2. The van der Waals surface area contributed by atoms with E-state index in [1.807, 2.05) is 42.5 Å². The van der Waals surface area contributed by atoms with Gasteiger partial charge in [-0.05, 0) is 61.3 Å². The summed E-state index contributed by atoms with van der Waals surface area (Å²) in [5.41, 5.74) is 4.44. The Balaban J connectivity index is 1.18. The van der Waals surface area contributed by atoms with Crippen molar-refractivity contribution in [1.29, 1.82) is 0 Å². The molecule has 0 aliphatic carbocycles. The first-order valence-electron chi connectivity index (χ1n) is 15.2. The Kier molecular flexibility index (Phi) is 10.4. The topological polar surface area (TPSA) is 44.8 Å². The van der Waals surface area contributed by atoms with Gasteiger partial charge in [0.2, 0.25) is 0 Å². The molecule has 0 bridgehead atoms. The van der Waals surface area contributed by atoms with Gasteiger partial charge in [-0.3, -0.25) is 4.79 Å². The SMILES string of the molecule is CCN(C)CC(NC(=O)c1cccc(OC2CCN(CC(c3ccccc3)c3ccccc3)CC2)c1)c1ccccc1. The summed E-state index contributed by atoms with van der Waals surface area (Å²) in [5.74, 6) is 1.02. The largest absolute Gasteiger partial charge is 0.490 e. The van der Waals surface area contributed by atoms with Crippen LogP contribution in [-0.4, -0.2) is 61.6 Å². The monoisotopic (exact) mass is 561 g/mol. The number of likely N-dealkylation sites (tertiary alicyclic amines) is 1. The number of hydrogen-bond donors (Lipinski definition) is 1. The molecule has 218 valence electrons. The molecule has 0 aromatic heterocycles. The van der Waals surface area contributed by atoms with Gasteiger partial charge < -0.3 is 19.9 Å². The molecule has 1 aliphatic rings. The van der Waals surface area contributed by atoms with Crippen LogP contribution in [0.25, 0.3) is 0 Å². The van der Waals surface area contributed by atoms with E-state index in [2.05, 4.69) is 102 Å². The second-order valence-corrected chi connectivity index (χ2v) is 11.3. The lowest BCUT2D eigenvalue weighted by molar-refractivity contribution is 0.0919. The van der Waals surface area contributed by atoms with Crippen LogP contribution in [-0.2, 0) is 0 Å². The third kappa shape index (κ3) is 8.09. The lowest BCUT2D eigenvalue weighted by Gasteiger charge is -2.34. The van der Waals surface area contributed by atoms with Crippen LogP contribution in [0, 0.1) is 0 Å². The maximum Gasteiger partial charge on any atom is 0.251 e. The third-order valence-electron chi connectivity index (χ3n) is 8.32. The number of carbonyl (C=O) groups excluding carboxylic acids is 1. The van der Waals surface area contributed by atoms with Crippen LogP contribution in [0.1, 0.15) is 58.8 Å². The Morgan fingerprint density at radius 3 is 1.98 bits per heavy atom. The zero-order valence-corrected chi connectivity index (χ0v) is 24.9. The number of hydrogen-bond acceptors (Lipinski definition) is 4. The van der Waals surface area contributed by atoms with E-state index < -0.39 is 0 Å². The van der Waals surface area contributed by atoms with Gasteiger partial charge in [-0.1, -0.05) is 104 Å². The number of likely N-dealkylation sites (N-methyl/N-ethyl adjacent to an activating group) is 1. The highest BCUT2D eigenvalue weighted by molar-refractivity contribution is 5.94. The van der Waals surface area contributed by atoms with Crippen LogP contribution in [0.3, 0.4) is 0 Å². The summed E-state index contributed by atoms with van der Waals surface area (Å²) in [6.07, 6.45) is 2.07. The summed E-state index contributed by atoms with van der Waals surface area (Å²) in [4.78, 5) is 18.1. The molecule has 42 heavy (non-hydrogen) atoms. The van der Waals surface area contributed by atoms with Crippen molar-refractivity contribution in [2.24, 2.45) is 0 Å². The predicted octanol–water partition coefficient (Wildman–Crippen LogP) is 6.78. The number of piperidine rings is 1. The number of nitrogens with one attached hydrogen (secondary N) is 1. The van der Waals surface area contributed by atoms with Gasteiger partial charge in [0.05, 0.1) is 6.04 Å². The summed E-state index contributed by atoms with van der Waals surface area (Å²) in [5, 5.41) is 3.25. The van der Waals surface area contributed by atoms with E-state index in [0.717, 1.165) is 56.9 Å². The van der Waals surface area contributed by atoms with Gasteiger partial charge in [0.15, 0.2) is 0 Å². The molecule has 0 radical (unpaired) electrons. The van der Waals surface area contributed by atoms with Gasteiger partial charge in [0.25, 0.3) is 5.91 Å². The highest BCUT2D eigenvalue weighted by atomic mass is 16.5. The maximum absolute atomic E-state index is 13.3. The van der Waals surface area contributed by atoms with Crippen molar-refractivity contribution < 1.29 is 9.53 Å². The van der Waals surface area contributed by atoms with E-state index in [4.69, 9.17) is 4.74 Å². The van der Waals surface area contributed by atoms with E-state index in [9.17, 15) is 4.79 Å². The van der Waals surface area contributed by atoms with Crippen LogP contribution in [0.4, 0.5) is 0 Å². The van der Waals surface area contributed by atoms with Gasteiger partial charge in [-0.25, -0.2) is 0 Å². The Labute approximate surface area is 251 Å². The average Bonchev–Trinajstić information content (AvgIpc) is 3.05. The van der Waals surface area contributed by atoms with Gasteiger partial charge in [0.1, 0.15) is 11.9 Å². The fraction of sp³-hybridized carbons (Fsp3) is 0.324. The van der Waals surface area contributed by atoms with E-state index in [1.54, 1.807) is 0 Å². The molecule has 1 amide bonds. The molecule has 5 heteroatoms. The second-order valence-electron chi connectivity index (χ2n) is 11.3.